The van der Waals surface area contributed by atoms with Crippen LogP contribution < -0.4 is 0 Å². The molecule has 0 N–H and O–H groups in total. The molecule has 1 aliphatic rings. The second kappa shape index (κ2) is 7.57. The van der Waals surface area contributed by atoms with Crippen LogP contribution in [0.1, 0.15) is 82.8 Å². The Labute approximate surface area is 126 Å². The van der Waals surface area contributed by atoms with Gasteiger partial charge < -0.3 is 9.26 Å². The van der Waals surface area contributed by atoms with Gasteiger partial charge in [-0.3, -0.25) is 4.79 Å². The molecule has 1 aromatic rings. The SMILES string of the molecule is CCCC(C(=O)OCC)c1nc(C2CCC(C)CC2)no1. The van der Waals surface area contributed by atoms with Crippen molar-refractivity contribution in [2.45, 2.75) is 71.1 Å². The van der Waals surface area contributed by atoms with Crippen LogP contribution in [0.25, 0.3) is 0 Å². The van der Waals surface area contributed by atoms with Gasteiger partial charge in [0.15, 0.2) is 5.82 Å². The maximum Gasteiger partial charge on any atom is 0.318 e. The van der Waals surface area contributed by atoms with Gasteiger partial charge in [0.1, 0.15) is 5.92 Å². The molecule has 1 heterocycles. The summed E-state index contributed by atoms with van der Waals surface area (Å²) in [5.41, 5.74) is 0. The quantitative estimate of drug-likeness (QED) is 0.746. The second-order valence-electron chi connectivity index (χ2n) is 6.04. The van der Waals surface area contributed by atoms with Crippen molar-refractivity contribution in [3.63, 3.8) is 0 Å². The minimum atomic E-state index is -0.418. The Bertz CT molecular complexity index is 450. The lowest BCUT2D eigenvalue weighted by atomic mass is 9.83. The number of aromatic nitrogens is 2. The van der Waals surface area contributed by atoms with Crippen molar-refractivity contribution in [2.75, 3.05) is 6.61 Å². The molecule has 0 amide bonds. The summed E-state index contributed by atoms with van der Waals surface area (Å²) in [7, 11) is 0. The highest BCUT2D eigenvalue weighted by Crippen LogP contribution is 2.34. The molecule has 0 aromatic carbocycles. The number of rotatable bonds is 6. The van der Waals surface area contributed by atoms with E-state index in [1.54, 1.807) is 0 Å². The third-order valence-corrected chi connectivity index (χ3v) is 4.29. The molecule has 0 aliphatic heterocycles. The van der Waals surface area contributed by atoms with Crippen molar-refractivity contribution in [1.29, 1.82) is 0 Å². The van der Waals surface area contributed by atoms with E-state index in [4.69, 9.17) is 9.26 Å². The molecule has 0 spiro atoms. The second-order valence-corrected chi connectivity index (χ2v) is 6.04. The number of ether oxygens (including phenoxy) is 1. The predicted molar refractivity (Wildman–Crippen MR) is 79.0 cm³/mol. The Morgan fingerprint density at radius 2 is 2.05 bits per heavy atom. The van der Waals surface area contributed by atoms with Crippen molar-refractivity contribution < 1.29 is 14.1 Å². The third-order valence-electron chi connectivity index (χ3n) is 4.29. The predicted octanol–water partition coefficient (Wildman–Crippen LogP) is 3.81. The average Bonchev–Trinajstić information content (AvgIpc) is 2.95. The molecule has 1 unspecified atom stereocenters. The minimum absolute atomic E-state index is 0.258. The minimum Gasteiger partial charge on any atom is -0.465 e. The normalized spacial score (nSPS) is 23.8. The van der Waals surface area contributed by atoms with Crippen molar-refractivity contribution in [3.8, 4) is 0 Å². The maximum atomic E-state index is 12.0. The summed E-state index contributed by atoms with van der Waals surface area (Å²) in [6.07, 6.45) is 6.20. The van der Waals surface area contributed by atoms with Gasteiger partial charge in [-0.05, 0) is 32.1 Å². The first-order valence-corrected chi connectivity index (χ1v) is 8.15. The molecule has 2 rings (SSSR count). The van der Waals surface area contributed by atoms with Crippen LogP contribution in [-0.4, -0.2) is 22.7 Å². The summed E-state index contributed by atoms with van der Waals surface area (Å²) in [6.45, 7) is 6.51. The lowest BCUT2D eigenvalue weighted by molar-refractivity contribution is -0.145. The first kappa shape index (κ1) is 16.0. The van der Waals surface area contributed by atoms with E-state index in [0.717, 1.165) is 31.0 Å². The van der Waals surface area contributed by atoms with E-state index in [9.17, 15) is 4.79 Å². The zero-order valence-electron chi connectivity index (χ0n) is 13.3. The summed E-state index contributed by atoms with van der Waals surface area (Å²) >= 11 is 0. The molecule has 21 heavy (non-hydrogen) atoms. The Kier molecular flexibility index (Phi) is 5.76. The largest absolute Gasteiger partial charge is 0.465 e. The van der Waals surface area contributed by atoms with Crippen LogP contribution in [-0.2, 0) is 9.53 Å². The fourth-order valence-electron chi connectivity index (χ4n) is 2.95. The summed E-state index contributed by atoms with van der Waals surface area (Å²) in [5, 5.41) is 4.12. The van der Waals surface area contributed by atoms with Gasteiger partial charge in [-0.15, -0.1) is 0 Å². The van der Waals surface area contributed by atoms with Crippen LogP contribution in [0.5, 0.6) is 0 Å². The highest BCUT2D eigenvalue weighted by Gasteiger charge is 2.30. The Morgan fingerprint density at radius 3 is 2.67 bits per heavy atom. The molecule has 5 heteroatoms. The zero-order valence-corrected chi connectivity index (χ0v) is 13.3. The van der Waals surface area contributed by atoms with Crippen LogP contribution in [0.15, 0.2) is 4.52 Å². The zero-order chi connectivity index (χ0) is 15.2. The monoisotopic (exact) mass is 294 g/mol. The van der Waals surface area contributed by atoms with Gasteiger partial charge in [0, 0.05) is 5.92 Å². The molecule has 1 aromatic heterocycles. The topological polar surface area (TPSA) is 65.2 Å². The molecule has 1 atom stereocenters. The fourth-order valence-corrected chi connectivity index (χ4v) is 2.95. The van der Waals surface area contributed by atoms with E-state index < -0.39 is 5.92 Å². The lowest BCUT2D eigenvalue weighted by Crippen LogP contribution is -2.17. The van der Waals surface area contributed by atoms with Gasteiger partial charge in [-0.25, -0.2) is 0 Å². The standard InChI is InChI=1S/C16H26N2O3/c1-4-6-13(16(19)20-5-2)15-17-14(18-21-15)12-9-7-11(3)8-10-12/h11-13H,4-10H2,1-3H3. The van der Waals surface area contributed by atoms with Crippen molar-refractivity contribution in [3.05, 3.63) is 11.7 Å². The fraction of sp³-hybridized carbons (Fsp3) is 0.812. The molecule has 118 valence electrons. The van der Waals surface area contributed by atoms with Gasteiger partial charge in [0.25, 0.3) is 0 Å². The van der Waals surface area contributed by atoms with E-state index in [2.05, 4.69) is 17.1 Å². The van der Waals surface area contributed by atoms with Crippen molar-refractivity contribution in [1.82, 2.24) is 10.1 Å². The number of esters is 1. The van der Waals surface area contributed by atoms with Gasteiger partial charge in [-0.2, -0.15) is 4.98 Å². The van der Waals surface area contributed by atoms with E-state index in [1.807, 2.05) is 13.8 Å². The van der Waals surface area contributed by atoms with Crippen LogP contribution in [0.4, 0.5) is 0 Å². The molecular weight excluding hydrogens is 268 g/mol. The van der Waals surface area contributed by atoms with Crippen LogP contribution in [0, 0.1) is 5.92 Å². The molecule has 1 aliphatic carbocycles. The molecule has 1 saturated carbocycles. The average molecular weight is 294 g/mol. The van der Waals surface area contributed by atoms with E-state index in [1.165, 1.54) is 12.8 Å². The molecule has 0 bridgehead atoms. The summed E-state index contributed by atoms with van der Waals surface area (Å²) in [4.78, 5) is 16.5. The van der Waals surface area contributed by atoms with E-state index in [-0.39, 0.29) is 5.97 Å². The number of carbonyl (C=O) groups is 1. The van der Waals surface area contributed by atoms with E-state index >= 15 is 0 Å². The third kappa shape index (κ3) is 4.05. The molecule has 1 fully saturated rings. The Hall–Kier alpha value is -1.39. The lowest BCUT2D eigenvalue weighted by Gasteiger charge is -2.23. The van der Waals surface area contributed by atoms with Crippen LogP contribution in [0.2, 0.25) is 0 Å². The molecule has 0 saturated heterocycles. The number of nitrogens with zero attached hydrogens (tertiary/aromatic N) is 2. The van der Waals surface area contributed by atoms with Crippen molar-refractivity contribution in [2.24, 2.45) is 5.92 Å². The number of hydrogen-bond donors (Lipinski definition) is 0. The van der Waals surface area contributed by atoms with Gasteiger partial charge >= 0.3 is 5.97 Å². The summed E-state index contributed by atoms with van der Waals surface area (Å²) in [5.74, 6) is 1.68. The van der Waals surface area contributed by atoms with Gasteiger partial charge in [0.05, 0.1) is 6.61 Å². The number of carbonyl (C=O) groups excluding carboxylic acids is 1. The van der Waals surface area contributed by atoms with E-state index in [0.29, 0.717) is 24.8 Å². The Balaban J connectivity index is 2.07. The maximum absolute atomic E-state index is 12.0. The molecular formula is C16H26N2O3. The molecule has 5 nitrogen and oxygen atoms in total. The van der Waals surface area contributed by atoms with Crippen LogP contribution in [0.3, 0.4) is 0 Å². The first-order valence-electron chi connectivity index (χ1n) is 8.15. The molecule has 0 radical (unpaired) electrons. The number of hydrogen-bond acceptors (Lipinski definition) is 5. The van der Waals surface area contributed by atoms with Gasteiger partial charge in [0.2, 0.25) is 5.89 Å². The smallest absolute Gasteiger partial charge is 0.318 e. The summed E-state index contributed by atoms with van der Waals surface area (Å²) < 4.78 is 10.5. The van der Waals surface area contributed by atoms with Crippen molar-refractivity contribution >= 4 is 5.97 Å². The Morgan fingerprint density at radius 1 is 1.33 bits per heavy atom. The van der Waals surface area contributed by atoms with Crippen LogP contribution >= 0.6 is 0 Å². The van der Waals surface area contributed by atoms with Gasteiger partial charge in [-0.1, -0.05) is 38.3 Å². The highest BCUT2D eigenvalue weighted by molar-refractivity contribution is 5.76. The summed E-state index contributed by atoms with van der Waals surface area (Å²) in [6, 6.07) is 0. The highest BCUT2D eigenvalue weighted by atomic mass is 16.5. The first-order chi connectivity index (χ1) is 10.2.